The molecule has 1 unspecified atom stereocenters. The summed E-state index contributed by atoms with van der Waals surface area (Å²) >= 11 is 0. The van der Waals surface area contributed by atoms with Crippen molar-refractivity contribution in [3.63, 3.8) is 0 Å². The van der Waals surface area contributed by atoms with Crippen LogP contribution in [0.3, 0.4) is 0 Å². The lowest BCUT2D eigenvalue weighted by Crippen LogP contribution is -2.43. The molecule has 1 aromatic carbocycles. The molecule has 2 rings (SSSR count). The van der Waals surface area contributed by atoms with Gasteiger partial charge in [0.15, 0.2) is 17.5 Å². The van der Waals surface area contributed by atoms with Crippen molar-refractivity contribution in [1.82, 2.24) is 15.5 Å². The second kappa shape index (κ2) is 13.7. The molecule has 0 spiro atoms. The fraction of sp³-hybridized carbons (Fsp3) is 0.650. The van der Waals surface area contributed by atoms with Crippen LogP contribution in [0.15, 0.2) is 17.1 Å². The van der Waals surface area contributed by atoms with Gasteiger partial charge in [0.1, 0.15) is 0 Å². The van der Waals surface area contributed by atoms with Crippen LogP contribution in [0.1, 0.15) is 12.5 Å². The van der Waals surface area contributed by atoms with E-state index in [1.54, 1.807) is 28.4 Å². The SMILES string of the molecule is CN=C(NCc1cc(OC)c(OC)c(OC)c1)NCC(C)CN1CCOCC1.I. The Hall–Kier alpha value is -1.46. The van der Waals surface area contributed by atoms with Gasteiger partial charge in [-0.1, -0.05) is 6.92 Å². The highest BCUT2D eigenvalue weighted by atomic mass is 127. The number of halogens is 1. The van der Waals surface area contributed by atoms with Gasteiger partial charge in [-0.25, -0.2) is 0 Å². The van der Waals surface area contributed by atoms with Crippen molar-refractivity contribution < 1.29 is 18.9 Å². The van der Waals surface area contributed by atoms with E-state index in [1.165, 1.54) is 0 Å². The zero-order valence-electron chi connectivity index (χ0n) is 18.1. The van der Waals surface area contributed by atoms with E-state index in [9.17, 15) is 0 Å². The van der Waals surface area contributed by atoms with Crippen LogP contribution in [-0.4, -0.2) is 78.6 Å². The predicted molar refractivity (Wildman–Crippen MR) is 126 cm³/mol. The maximum Gasteiger partial charge on any atom is 0.203 e. The first-order chi connectivity index (χ1) is 13.6. The standard InChI is InChI=1S/C20H34N4O4.HI/c1-15(14-24-6-8-28-9-7-24)12-22-20(21-2)23-13-16-10-17(25-3)19(27-5)18(11-16)26-4;/h10-11,15H,6-9,12-14H2,1-5H3,(H2,21,22,23);1H. The minimum absolute atomic E-state index is 0. The van der Waals surface area contributed by atoms with Crippen LogP contribution in [0.2, 0.25) is 0 Å². The fourth-order valence-electron chi connectivity index (χ4n) is 3.20. The Morgan fingerprint density at radius 3 is 2.24 bits per heavy atom. The van der Waals surface area contributed by atoms with E-state index in [4.69, 9.17) is 18.9 Å². The van der Waals surface area contributed by atoms with Crippen LogP contribution >= 0.6 is 24.0 Å². The van der Waals surface area contributed by atoms with E-state index in [0.29, 0.717) is 29.7 Å². The fourth-order valence-corrected chi connectivity index (χ4v) is 3.20. The molecular formula is C20H35IN4O4. The molecule has 0 saturated carbocycles. The van der Waals surface area contributed by atoms with Crippen LogP contribution in [-0.2, 0) is 11.3 Å². The van der Waals surface area contributed by atoms with Gasteiger partial charge in [0.25, 0.3) is 0 Å². The number of aliphatic imine (C=N–C) groups is 1. The lowest BCUT2D eigenvalue weighted by atomic mass is 10.1. The molecule has 1 aromatic rings. The normalized spacial score (nSPS) is 15.8. The van der Waals surface area contributed by atoms with Crippen molar-refractivity contribution in [1.29, 1.82) is 0 Å². The van der Waals surface area contributed by atoms with E-state index in [0.717, 1.165) is 50.9 Å². The molecule has 0 aromatic heterocycles. The first kappa shape index (κ1) is 25.6. The van der Waals surface area contributed by atoms with Gasteiger partial charge in [-0.05, 0) is 23.6 Å². The molecule has 2 N–H and O–H groups in total. The van der Waals surface area contributed by atoms with Crippen molar-refractivity contribution in [3.05, 3.63) is 17.7 Å². The Bertz CT molecular complexity index is 614. The maximum atomic E-state index is 5.41. The first-order valence-electron chi connectivity index (χ1n) is 9.64. The smallest absolute Gasteiger partial charge is 0.203 e. The van der Waals surface area contributed by atoms with Crippen molar-refractivity contribution in [2.45, 2.75) is 13.5 Å². The number of morpholine rings is 1. The molecule has 0 bridgehead atoms. The number of nitrogens with zero attached hydrogens (tertiary/aromatic N) is 2. The lowest BCUT2D eigenvalue weighted by Gasteiger charge is -2.29. The average molecular weight is 522 g/mol. The van der Waals surface area contributed by atoms with Gasteiger partial charge >= 0.3 is 0 Å². The molecule has 1 atom stereocenters. The molecule has 1 aliphatic heterocycles. The quantitative estimate of drug-likeness (QED) is 0.292. The Morgan fingerprint density at radius 2 is 1.72 bits per heavy atom. The molecule has 1 fully saturated rings. The molecular weight excluding hydrogens is 487 g/mol. The maximum absolute atomic E-state index is 5.41. The van der Waals surface area contributed by atoms with Crippen LogP contribution in [0.25, 0.3) is 0 Å². The molecule has 0 aliphatic carbocycles. The summed E-state index contributed by atoms with van der Waals surface area (Å²) < 4.78 is 21.6. The summed E-state index contributed by atoms with van der Waals surface area (Å²) in [5.41, 5.74) is 1.01. The number of hydrogen-bond acceptors (Lipinski definition) is 6. The molecule has 0 amide bonds. The second-order valence-corrected chi connectivity index (χ2v) is 6.86. The van der Waals surface area contributed by atoms with Gasteiger partial charge in [-0.3, -0.25) is 9.89 Å². The largest absolute Gasteiger partial charge is 0.493 e. The number of nitrogens with one attached hydrogen (secondary N) is 2. The number of guanidine groups is 1. The predicted octanol–water partition coefficient (Wildman–Crippen LogP) is 1.96. The highest BCUT2D eigenvalue weighted by molar-refractivity contribution is 14.0. The van der Waals surface area contributed by atoms with Gasteiger partial charge in [-0.15, -0.1) is 24.0 Å². The minimum atomic E-state index is 0. The molecule has 0 radical (unpaired) electrons. The summed E-state index contributed by atoms with van der Waals surface area (Å²) in [7, 11) is 6.61. The molecule has 9 heteroatoms. The topological polar surface area (TPSA) is 76.6 Å². The van der Waals surface area contributed by atoms with Gasteiger partial charge in [0.2, 0.25) is 5.75 Å². The van der Waals surface area contributed by atoms with Gasteiger partial charge in [-0.2, -0.15) is 0 Å². The van der Waals surface area contributed by atoms with Crippen LogP contribution in [0, 0.1) is 5.92 Å². The Kier molecular flexibility index (Phi) is 12.1. The van der Waals surface area contributed by atoms with E-state index in [1.807, 2.05) is 12.1 Å². The third kappa shape index (κ3) is 8.06. The summed E-state index contributed by atoms with van der Waals surface area (Å²) in [6.07, 6.45) is 0. The summed E-state index contributed by atoms with van der Waals surface area (Å²) in [6, 6.07) is 3.87. The van der Waals surface area contributed by atoms with E-state index in [2.05, 4.69) is 27.4 Å². The molecule has 1 saturated heterocycles. The number of methoxy groups -OCH3 is 3. The number of rotatable bonds is 9. The zero-order valence-corrected chi connectivity index (χ0v) is 20.4. The molecule has 1 heterocycles. The number of benzene rings is 1. The van der Waals surface area contributed by atoms with Crippen LogP contribution in [0.5, 0.6) is 17.2 Å². The van der Waals surface area contributed by atoms with Crippen molar-refractivity contribution in [3.8, 4) is 17.2 Å². The van der Waals surface area contributed by atoms with Crippen molar-refractivity contribution in [2.75, 3.05) is 67.8 Å². The Labute approximate surface area is 191 Å². The van der Waals surface area contributed by atoms with Crippen molar-refractivity contribution >= 4 is 29.9 Å². The summed E-state index contributed by atoms with van der Waals surface area (Å²) in [4.78, 5) is 6.76. The summed E-state index contributed by atoms with van der Waals surface area (Å²) in [5, 5.41) is 6.74. The molecule has 1 aliphatic rings. The van der Waals surface area contributed by atoms with Gasteiger partial charge in [0.05, 0.1) is 34.5 Å². The average Bonchev–Trinajstić information content (AvgIpc) is 2.73. The molecule has 29 heavy (non-hydrogen) atoms. The first-order valence-corrected chi connectivity index (χ1v) is 9.64. The molecule has 166 valence electrons. The second-order valence-electron chi connectivity index (χ2n) is 6.86. The van der Waals surface area contributed by atoms with Crippen molar-refractivity contribution in [2.24, 2.45) is 10.9 Å². The highest BCUT2D eigenvalue weighted by Crippen LogP contribution is 2.38. The Morgan fingerprint density at radius 1 is 1.10 bits per heavy atom. The third-order valence-corrected chi connectivity index (χ3v) is 4.70. The monoisotopic (exact) mass is 522 g/mol. The minimum Gasteiger partial charge on any atom is -0.493 e. The van der Waals surface area contributed by atoms with E-state index >= 15 is 0 Å². The van der Waals surface area contributed by atoms with Gasteiger partial charge in [0, 0.05) is 39.8 Å². The number of ether oxygens (including phenoxy) is 4. The van der Waals surface area contributed by atoms with Gasteiger partial charge < -0.3 is 29.6 Å². The highest BCUT2D eigenvalue weighted by Gasteiger charge is 2.15. The number of hydrogen-bond donors (Lipinski definition) is 2. The lowest BCUT2D eigenvalue weighted by molar-refractivity contribution is 0.0320. The molecule has 8 nitrogen and oxygen atoms in total. The zero-order chi connectivity index (χ0) is 20.4. The van der Waals surface area contributed by atoms with E-state index < -0.39 is 0 Å². The van der Waals surface area contributed by atoms with Crippen LogP contribution in [0.4, 0.5) is 0 Å². The summed E-state index contributed by atoms with van der Waals surface area (Å²) in [5.74, 6) is 3.15. The summed E-state index contributed by atoms with van der Waals surface area (Å²) in [6.45, 7) is 8.43. The van der Waals surface area contributed by atoms with E-state index in [-0.39, 0.29) is 24.0 Å². The van der Waals surface area contributed by atoms with Crippen LogP contribution < -0.4 is 24.8 Å². The third-order valence-electron chi connectivity index (χ3n) is 4.70. The Balaban J connectivity index is 0.00000420.